The molecule has 0 radical (unpaired) electrons. The first-order valence-electron chi connectivity index (χ1n) is 9.27. The molecule has 27 heavy (non-hydrogen) atoms. The highest BCUT2D eigenvalue weighted by molar-refractivity contribution is 5.88. The topological polar surface area (TPSA) is 87.2 Å². The Labute approximate surface area is 159 Å². The second kappa shape index (κ2) is 9.12. The van der Waals surface area contributed by atoms with Gasteiger partial charge in [-0.2, -0.15) is 0 Å². The van der Waals surface area contributed by atoms with Crippen molar-refractivity contribution in [3.05, 3.63) is 54.4 Å². The number of carbonyl (C=O) groups excluding carboxylic acids is 2. The van der Waals surface area contributed by atoms with Gasteiger partial charge in [0.25, 0.3) is 0 Å². The Kier molecular flexibility index (Phi) is 6.35. The molecule has 0 saturated carbocycles. The van der Waals surface area contributed by atoms with Crippen LogP contribution < -0.4 is 15.5 Å². The molecule has 1 aliphatic rings. The first-order chi connectivity index (χ1) is 13.1. The van der Waals surface area contributed by atoms with Crippen LogP contribution in [0.1, 0.15) is 25.3 Å². The molecule has 2 heterocycles. The van der Waals surface area contributed by atoms with Crippen molar-refractivity contribution in [3.63, 3.8) is 0 Å². The van der Waals surface area contributed by atoms with E-state index in [1.54, 1.807) is 25.4 Å². The zero-order chi connectivity index (χ0) is 19.1. The minimum absolute atomic E-state index is 0.0991. The van der Waals surface area contributed by atoms with E-state index in [4.69, 9.17) is 0 Å². The molecule has 1 aromatic carbocycles. The van der Waals surface area contributed by atoms with Crippen molar-refractivity contribution in [1.82, 2.24) is 20.6 Å². The van der Waals surface area contributed by atoms with Crippen LogP contribution in [0.3, 0.4) is 0 Å². The van der Waals surface area contributed by atoms with E-state index >= 15 is 0 Å². The van der Waals surface area contributed by atoms with Crippen molar-refractivity contribution in [1.29, 1.82) is 0 Å². The number of nitrogens with zero attached hydrogens (tertiary/aromatic N) is 3. The Morgan fingerprint density at radius 3 is 2.67 bits per heavy atom. The fourth-order valence-electron chi connectivity index (χ4n) is 3.16. The summed E-state index contributed by atoms with van der Waals surface area (Å²) in [6.07, 6.45) is 5.09. The number of benzene rings is 1. The lowest BCUT2D eigenvalue weighted by molar-refractivity contribution is -0.131. The molecule has 1 fully saturated rings. The van der Waals surface area contributed by atoms with E-state index in [0.717, 1.165) is 24.9 Å². The lowest BCUT2D eigenvalue weighted by atomic mass is 9.97. The Bertz CT molecular complexity index is 753. The number of carbonyl (C=O) groups is 2. The SMILES string of the molecule is C[C@@H](NC(=O)[C@H]1CCCN(c2ncccn2)C1)C(=O)NCc1ccccc1. The quantitative estimate of drug-likeness (QED) is 0.808. The van der Waals surface area contributed by atoms with Gasteiger partial charge in [0.1, 0.15) is 6.04 Å². The summed E-state index contributed by atoms with van der Waals surface area (Å²) in [5.74, 6) is 0.180. The zero-order valence-electron chi connectivity index (χ0n) is 15.5. The molecule has 1 aliphatic heterocycles. The van der Waals surface area contributed by atoms with Crippen LogP contribution in [0.15, 0.2) is 48.8 Å². The van der Waals surface area contributed by atoms with E-state index in [0.29, 0.717) is 19.0 Å². The molecule has 142 valence electrons. The Balaban J connectivity index is 1.49. The molecule has 2 N–H and O–H groups in total. The Morgan fingerprint density at radius 1 is 1.19 bits per heavy atom. The predicted octanol–water partition coefficient (Wildman–Crippen LogP) is 1.51. The van der Waals surface area contributed by atoms with Gasteiger partial charge in [-0.15, -0.1) is 0 Å². The Morgan fingerprint density at radius 2 is 1.93 bits per heavy atom. The third kappa shape index (κ3) is 5.26. The number of hydrogen-bond acceptors (Lipinski definition) is 5. The molecule has 2 amide bonds. The molecule has 1 aromatic heterocycles. The molecule has 3 rings (SSSR count). The fourth-order valence-corrected chi connectivity index (χ4v) is 3.16. The summed E-state index contributed by atoms with van der Waals surface area (Å²) in [6, 6.07) is 10.9. The molecule has 0 unspecified atom stereocenters. The molecule has 0 spiro atoms. The lowest BCUT2D eigenvalue weighted by Gasteiger charge is -2.32. The number of aromatic nitrogens is 2. The van der Waals surface area contributed by atoms with Gasteiger partial charge >= 0.3 is 0 Å². The molecule has 0 aliphatic carbocycles. The van der Waals surface area contributed by atoms with E-state index in [-0.39, 0.29) is 17.7 Å². The first-order valence-corrected chi connectivity index (χ1v) is 9.27. The van der Waals surface area contributed by atoms with Gasteiger partial charge in [0.05, 0.1) is 5.92 Å². The first kappa shape index (κ1) is 18.8. The standard InChI is InChI=1S/C20H25N5O2/c1-15(18(26)23-13-16-7-3-2-4-8-16)24-19(27)17-9-5-12-25(14-17)20-21-10-6-11-22-20/h2-4,6-8,10-11,15,17H,5,9,12-14H2,1H3,(H,23,26)(H,24,27)/t15-,17+/m1/s1. The highest BCUT2D eigenvalue weighted by Crippen LogP contribution is 2.20. The molecule has 7 heteroatoms. The van der Waals surface area contributed by atoms with Crippen molar-refractivity contribution in [2.24, 2.45) is 5.92 Å². The molecule has 2 atom stereocenters. The van der Waals surface area contributed by atoms with E-state index in [9.17, 15) is 9.59 Å². The second-order valence-corrected chi connectivity index (χ2v) is 6.77. The van der Waals surface area contributed by atoms with Crippen LogP contribution in [0.5, 0.6) is 0 Å². The molecule has 2 aromatic rings. The lowest BCUT2D eigenvalue weighted by Crippen LogP contribution is -2.50. The molecular weight excluding hydrogens is 342 g/mol. The van der Waals surface area contributed by atoms with Gasteiger partial charge in [-0.3, -0.25) is 9.59 Å². The van der Waals surface area contributed by atoms with Crippen molar-refractivity contribution < 1.29 is 9.59 Å². The number of nitrogens with one attached hydrogen (secondary N) is 2. The maximum Gasteiger partial charge on any atom is 0.242 e. The second-order valence-electron chi connectivity index (χ2n) is 6.77. The van der Waals surface area contributed by atoms with E-state index in [1.165, 1.54) is 0 Å². The minimum Gasteiger partial charge on any atom is -0.350 e. The number of anilines is 1. The summed E-state index contributed by atoms with van der Waals surface area (Å²) in [7, 11) is 0. The van der Waals surface area contributed by atoms with Gasteiger partial charge in [0.2, 0.25) is 17.8 Å². The average molecular weight is 367 g/mol. The van der Waals surface area contributed by atoms with Crippen LogP contribution in [0.2, 0.25) is 0 Å². The van der Waals surface area contributed by atoms with Crippen molar-refractivity contribution in [2.45, 2.75) is 32.4 Å². The summed E-state index contributed by atoms with van der Waals surface area (Å²) < 4.78 is 0. The normalized spacial score (nSPS) is 17.8. The summed E-state index contributed by atoms with van der Waals surface area (Å²) >= 11 is 0. The highest BCUT2D eigenvalue weighted by Gasteiger charge is 2.28. The van der Waals surface area contributed by atoms with Gasteiger partial charge in [0, 0.05) is 32.0 Å². The van der Waals surface area contributed by atoms with Crippen LogP contribution in [-0.2, 0) is 16.1 Å². The van der Waals surface area contributed by atoms with E-state index in [1.807, 2.05) is 35.2 Å². The maximum absolute atomic E-state index is 12.6. The van der Waals surface area contributed by atoms with Crippen molar-refractivity contribution in [2.75, 3.05) is 18.0 Å². The van der Waals surface area contributed by atoms with Gasteiger partial charge in [-0.05, 0) is 31.4 Å². The fraction of sp³-hybridized carbons (Fsp3) is 0.400. The molecular formula is C20H25N5O2. The predicted molar refractivity (Wildman–Crippen MR) is 103 cm³/mol. The van der Waals surface area contributed by atoms with Gasteiger partial charge in [0.15, 0.2) is 0 Å². The monoisotopic (exact) mass is 367 g/mol. The average Bonchev–Trinajstić information content (AvgIpc) is 2.73. The van der Waals surface area contributed by atoms with E-state index in [2.05, 4.69) is 20.6 Å². The smallest absolute Gasteiger partial charge is 0.242 e. The van der Waals surface area contributed by atoms with Gasteiger partial charge < -0.3 is 15.5 Å². The maximum atomic E-state index is 12.6. The largest absolute Gasteiger partial charge is 0.350 e. The Hall–Kier alpha value is -2.96. The van der Waals surface area contributed by atoms with Gasteiger partial charge in [-0.25, -0.2) is 9.97 Å². The molecule has 1 saturated heterocycles. The van der Waals surface area contributed by atoms with Crippen LogP contribution in [-0.4, -0.2) is 40.9 Å². The summed E-state index contributed by atoms with van der Waals surface area (Å²) in [5.41, 5.74) is 1.02. The zero-order valence-corrected chi connectivity index (χ0v) is 15.5. The summed E-state index contributed by atoms with van der Waals surface area (Å²) in [5, 5.41) is 5.70. The van der Waals surface area contributed by atoms with Crippen LogP contribution in [0.4, 0.5) is 5.95 Å². The summed E-state index contributed by atoms with van der Waals surface area (Å²) in [6.45, 7) is 3.55. The van der Waals surface area contributed by atoms with Crippen molar-refractivity contribution >= 4 is 17.8 Å². The van der Waals surface area contributed by atoms with Gasteiger partial charge in [-0.1, -0.05) is 30.3 Å². The third-order valence-electron chi connectivity index (χ3n) is 4.69. The van der Waals surface area contributed by atoms with Crippen LogP contribution in [0.25, 0.3) is 0 Å². The van der Waals surface area contributed by atoms with Crippen LogP contribution >= 0.6 is 0 Å². The summed E-state index contributed by atoms with van der Waals surface area (Å²) in [4.78, 5) is 35.4. The van der Waals surface area contributed by atoms with Crippen molar-refractivity contribution in [3.8, 4) is 0 Å². The molecule has 7 nitrogen and oxygen atoms in total. The molecule has 0 bridgehead atoms. The van der Waals surface area contributed by atoms with Crippen LogP contribution in [0, 0.1) is 5.92 Å². The number of rotatable bonds is 6. The third-order valence-corrected chi connectivity index (χ3v) is 4.69. The van der Waals surface area contributed by atoms with E-state index < -0.39 is 6.04 Å². The minimum atomic E-state index is -0.579. The number of amides is 2. The number of piperidine rings is 1. The number of hydrogen-bond donors (Lipinski definition) is 2. The highest BCUT2D eigenvalue weighted by atomic mass is 16.2.